The maximum atomic E-state index is 12.2. The van der Waals surface area contributed by atoms with E-state index in [-0.39, 0.29) is 5.91 Å². The molecule has 0 aromatic heterocycles. The number of anilines is 1. The molecule has 118 valence electrons. The Kier molecular flexibility index (Phi) is 5.13. The highest BCUT2D eigenvalue weighted by Crippen LogP contribution is 2.20. The van der Waals surface area contributed by atoms with Gasteiger partial charge in [-0.05, 0) is 60.7 Å². The average molecular weight is 380 g/mol. The zero-order valence-corrected chi connectivity index (χ0v) is 14.3. The minimum atomic E-state index is -0.152. The molecule has 5 heteroatoms. The van der Waals surface area contributed by atoms with Crippen LogP contribution >= 0.6 is 15.9 Å². The predicted octanol–water partition coefficient (Wildman–Crippen LogP) is 6.12. The summed E-state index contributed by atoms with van der Waals surface area (Å²) in [4.78, 5) is 12.2. The lowest BCUT2D eigenvalue weighted by molar-refractivity contribution is 0.102. The topological polar surface area (TPSA) is 53.8 Å². The first-order valence-electron chi connectivity index (χ1n) is 7.34. The van der Waals surface area contributed by atoms with E-state index >= 15 is 0 Å². The molecule has 4 nitrogen and oxygen atoms in total. The second kappa shape index (κ2) is 7.66. The number of hydrogen-bond acceptors (Lipinski definition) is 3. The highest BCUT2D eigenvalue weighted by Gasteiger charge is 2.05. The molecule has 1 amide bonds. The molecule has 0 saturated heterocycles. The summed E-state index contributed by atoms with van der Waals surface area (Å²) >= 11 is 3.35. The van der Waals surface area contributed by atoms with Crippen LogP contribution in [0.2, 0.25) is 0 Å². The van der Waals surface area contributed by atoms with Gasteiger partial charge >= 0.3 is 0 Å². The molecule has 0 atom stereocenters. The standard InChI is InChI=1S/C19H14BrN3O/c20-15-8-6-14(7-9-15)19(24)21-16-10-12-18(13-11-16)23-22-17-4-2-1-3-5-17/h1-13H,(H,21,24). The Morgan fingerprint density at radius 3 is 1.96 bits per heavy atom. The smallest absolute Gasteiger partial charge is 0.255 e. The first-order chi connectivity index (χ1) is 11.7. The predicted molar refractivity (Wildman–Crippen MR) is 99.2 cm³/mol. The molecular weight excluding hydrogens is 366 g/mol. The molecule has 0 aliphatic heterocycles. The van der Waals surface area contributed by atoms with Crippen molar-refractivity contribution in [2.75, 3.05) is 5.32 Å². The van der Waals surface area contributed by atoms with Crippen LogP contribution in [0.4, 0.5) is 17.1 Å². The number of amides is 1. The third kappa shape index (κ3) is 4.36. The maximum Gasteiger partial charge on any atom is 0.255 e. The molecule has 3 aromatic carbocycles. The zero-order chi connectivity index (χ0) is 16.8. The van der Waals surface area contributed by atoms with Crippen molar-refractivity contribution < 1.29 is 4.79 Å². The van der Waals surface area contributed by atoms with Gasteiger partial charge in [-0.15, -0.1) is 0 Å². The summed E-state index contributed by atoms with van der Waals surface area (Å²) in [5.74, 6) is -0.152. The van der Waals surface area contributed by atoms with Crippen molar-refractivity contribution in [1.29, 1.82) is 0 Å². The van der Waals surface area contributed by atoms with E-state index in [1.807, 2.05) is 54.6 Å². The van der Waals surface area contributed by atoms with E-state index in [4.69, 9.17) is 0 Å². The molecule has 3 aromatic rings. The van der Waals surface area contributed by atoms with E-state index < -0.39 is 0 Å². The quantitative estimate of drug-likeness (QED) is 0.545. The molecule has 0 heterocycles. The molecule has 0 aliphatic rings. The van der Waals surface area contributed by atoms with E-state index in [9.17, 15) is 4.79 Å². The summed E-state index contributed by atoms with van der Waals surface area (Å²) in [5.41, 5.74) is 2.83. The summed E-state index contributed by atoms with van der Waals surface area (Å²) in [5, 5.41) is 11.2. The monoisotopic (exact) mass is 379 g/mol. The number of halogens is 1. The number of azo groups is 1. The Balaban J connectivity index is 1.65. The highest BCUT2D eigenvalue weighted by atomic mass is 79.9. The van der Waals surface area contributed by atoms with Gasteiger partial charge in [-0.3, -0.25) is 4.79 Å². The molecule has 0 radical (unpaired) electrons. The van der Waals surface area contributed by atoms with Crippen LogP contribution in [0.1, 0.15) is 10.4 Å². The Hall–Kier alpha value is -2.79. The molecule has 0 saturated carbocycles. The molecule has 1 N–H and O–H groups in total. The second-order valence-corrected chi connectivity index (χ2v) is 5.96. The van der Waals surface area contributed by atoms with Crippen LogP contribution in [0, 0.1) is 0 Å². The lowest BCUT2D eigenvalue weighted by Gasteiger charge is -2.05. The van der Waals surface area contributed by atoms with Gasteiger partial charge in [0.15, 0.2) is 0 Å². The SMILES string of the molecule is O=C(Nc1ccc(N=Nc2ccccc2)cc1)c1ccc(Br)cc1. The van der Waals surface area contributed by atoms with Crippen LogP contribution in [-0.2, 0) is 0 Å². The summed E-state index contributed by atoms with van der Waals surface area (Å²) in [6.07, 6.45) is 0. The third-order valence-corrected chi connectivity index (χ3v) is 3.80. The van der Waals surface area contributed by atoms with E-state index in [0.29, 0.717) is 11.3 Å². The molecular formula is C19H14BrN3O. The molecule has 0 spiro atoms. The summed E-state index contributed by atoms with van der Waals surface area (Å²) in [6.45, 7) is 0. The Labute approximate surface area is 148 Å². The van der Waals surface area contributed by atoms with Gasteiger partial charge in [-0.1, -0.05) is 34.1 Å². The Morgan fingerprint density at radius 2 is 1.33 bits per heavy atom. The number of benzene rings is 3. The van der Waals surface area contributed by atoms with Crippen molar-refractivity contribution in [3.05, 3.63) is 88.9 Å². The number of nitrogens with one attached hydrogen (secondary N) is 1. The van der Waals surface area contributed by atoms with Gasteiger partial charge in [0.1, 0.15) is 0 Å². The van der Waals surface area contributed by atoms with E-state index in [1.54, 1.807) is 24.3 Å². The van der Waals surface area contributed by atoms with Crippen LogP contribution in [0.25, 0.3) is 0 Å². The van der Waals surface area contributed by atoms with Crippen molar-refractivity contribution in [2.24, 2.45) is 10.2 Å². The van der Waals surface area contributed by atoms with Crippen molar-refractivity contribution in [1.82, 2.24) is 0 Å². The second-order valence-electron chi connectivity index (χ2n) is 5.04. The van der Waals surface area contributed by atoms with Crippen LogP contribution < -0.4 is 5.32 Å². The van der Waals surface area contributed by atoms with Crippen LogP contribution in [-0.4, -0.2) is 5.91 Å². The van der Waals surface area contributed by atoms with Crippen molar-refractivity contribution in [3.8, 4) is 0 Å². The lowest BCUT2D eigenvalue weighted by Crippen LogP contribution is -2.11. The Morgan fingerprint density at radius 1 is 0.750 bits per heavy atom. The molecule has 0 fully saturated rings. The average Bonchev–Trinajstić information content (AvgIpc) is 2.62. The van der Waals surface area contributed by atoms with Gasteiger partial charge < -0.3 is 5.32 Å². The fraction of sp³-hybridized carbons (Fsp3) is 0. The molecule has 0 bridgehead atoms. The van der Waals surface area contributed by atoms with Crippen LogP contribution in [0.5, 0.6) is 0 Å². The molecule has 3 rings (SSSR count). The largest absolute Gasteiger partial charge is 0.322 e. The zero-order valence-electron chi connectivity index (χ0n) is 12.7. The lowest BCUT2D eigenvalue weighted by atomic mass is 10.2. The van der Waals surface area contributed by atoms with E-state index in [1.165, 1.54) is 0 Å². The summed E-state index contributed by atoms with van der Waals surface area (Å²) in [6, 6.07) is 24.0. The number of hydrogen-bond donors (Lipinski definition) is 1. The first kappa shape index (κ1) is 16.1. The van der Waals surface area contributed by atoms with Gasteiger partial charge in [0, 0.05) is 15.7 Å². The number of rotatable bonds is 4. The third-order valence-electron chi connectivity index (χ3n) is 3.27. The fourth-order valence-electron chi connectivity index (χ4n) is 2.03. The van der Waals surface area contributed by atoms with Gasteiger partial charge in [-0.25, -0.2) is 0 Å². The number of carbonyl (C=O) groups excluding carboxylic acids is 1. The van der Waals surface area contributed by atoms with Crippen molar-refractivity contribution in [3.63, 3.8) is 0 Å². The molecule has 0 aliphatic carbocycles. The Bertz CT molecular complexity index is 844. The normalized spacial score (nSPS) is 10.7. The van der Waals surface area contributed by atoms with E-state index in [2.05, 4.69) is 31.5 Å². The van der Waals surface area contributed by atoms with Gasteiger partial charge in [0.25, 0.3) is 5.91 Å². The maximum absolute atomic E-state index is 12.2. The fourth-order valence-corrected chi connectivity index (χ4v) is 2.29. The van der Waals surface area contributed by atoms with Gasteiger partial charge in [-0.2, -0.15) is 10.2 Å². The van der Waals surface area contributed by atoms with Gasteiger partial charge in [0.05, 0.1) is 11.4 Å². The first-order valence-corrected chi connectivity index (χ1v) is 8.14. The van der Waals surface area contributed by atoms with Crippen molar-refractivity contribution >= 4 is 38.9 Å². The van der Waals surface area contributed by atoms with Crippen LogP contribution in [0.15, 0.2) is 93.6 Å². The minimum Gasteiger partial charge on any atom is -0.322 e. The molecule has 24 heavy (non-hydrogen) atoms. The summed E-state index contributed by atoms with van der Waals surface area (Å²) < 4.78 is 0.937. The van der Waals surface area contributed by atoms with Crippen molar-refractivity contribution in [2.45, 2.75) is 0 Å². The minimum absolute atomic E-state index is 0.152. The summed E-state index contributed by atoms with van der Waals surface area (Å²) in [7, 11) is 0. The van der Waals surface area contributed by atoms with Gasteiger partial charge in [0.2, 0.25) is 0 Å². The molecule has 0 unspecified atom stereocenters. The van der Waals surface area contributed by atoms with E-state index in [0.717, 1.165) is 15.8 Å². The van der Waals surface area contributed by atoms with Crippen LogP contribution in [0.3, 0.4) is 0 Å². The number of carbonyl (C=O) groups is 1. The highest BCUT2D eigenvalue weighted by molar-refractivity contribution is 9.10. The number of nitrogens with zero attached hydrogens (tertiary/aromatic N) is 2.